The lowest BCUT2D eigenvalue weighted by Gasteiger charge is -2.17. The van der Waals surface area contributed by atoms with Crippen LogP contribution >= 0.6 is 0 Å². The Morgan fingerprint density at radius 1 is 1.39 bits per heavy atom. The fraction of sp³-hybridized carbons (Fsp3) is 0.588. The van der Waals surface area contributed by atoms with Crippen LogP contribution in [0.3, 0.4) is 0 Å². The van der Waals surface area contributed by atoms with E-state index in [1.165, 1.54) is 12.8 Å². The number of carbonyl (C=O) groups is 1. The molecule has 23 heavy (non-hydrogen) atoms. The largest absolute Gasteiger partial charge is 0.370 e. The summed E-state index contributed by atoms with van der Waals surface area (Å²) in [4.78, 5) is 18.8. The average molecular weight is 313 g/mol. The smallest absolute Gasteiger partial charge is 0.223 e. The Bertz CT molecular complexity index is 734. The first kappa shape index (κ1) is 14.5. The first-order valence-corrected chi connectivity index (χ1v) is 8.50. The molecule has 2 aromatic heterocycles. The highest BCUT2D eigenvalue weighted by atomic mass is 16.2. The van der Waals surface area contributed by atoms with Gasteiger partial charge < -0.3 is 10.2 Å². The van der Waals surface area contributed by atoms with Crippen molar-refractivity contribution in [1.82, 2.24) is 19.5 Å². The Morgan fingerprint density at radius 2 is 2.22 bits per heavy atom. The average Bonchev–Trinajstić information content (AvgIpc) is 3.13. The lowest BCUT2D eigenvalue weighted by molar-refractivity contribution is -0.128. The monoisotopic (exact) mass is 313 g/mol. The predicted molar refractivity (Wildman–Crippen MR) is 88.4 cm³/mol. The third-order valence-electron chi connectivity index (χ3n) is 4.77. The fourth-order valence-corrected chi connectivity index (χ4v) is 3.29. The quantitative estimate of drug-likeness (QED) is 0.920. The Morgan fingerprint density at radius 3 is 2.96 bits per heavy atom. The first-order chi connectivity index (χ1) is 11.1. The van der Waals surface area contributed by atoms with E-state index in [4.69, 9.17) is 0 Å². The van der Waals surface area contributed by atoms with Crippen LogP contribution < -0.4 is 5.32 Å². The van der Waals surface area contributed by atoms with Gasteiger partial charge in [-0.05, 0) is 18.8 Å². The summed E-state index contributed by atoms with van der Waals surface area (Å²) in [5, 5.41) is 7.84. The van der Waals surface area contributed by atoms with Crippen molar-refractivity contribution in [2.45, 2.75) is 45.1 Å². The zero-order valence-corrected chi connectivity index (χ0v) is 13.7. The molecule has 1 amide bonds. The minimum absolute atomic E-state index is 0.320. The van der Waals surface area contributed by atoms with Crippen LogP contribution in [-0.4, -0.2) is 44.5 Å². The molecular formula is C17H23N5O. The maximum Gasteiger partial charge on any atom is 0.223 e. The van der Waals surface area contributed by atoms with Crippen molar-refractivity contribution < 1.29 is 4.79 Å². The number of anilines is 1. The zero-order valence-electron chi connectivity index (χ0n) is 13.7. The van der Waals surface area contributed by atoms with Crippen LogP contribution in [0.5, 0.6) is 0 Å². The van der Waals surface area contributed by atoms with Gasteiger partial charge in [-0.15, -0.1) is 0 Å². The Kier molecular flexibility index (Phi) is 3.47. The summed E-state index contributed by atoms with van der Waals surface area (Å²) in [6, 6.07) is 4.52. The standard InChI is InChI=1S/C17H23N5O/c1-11(2)14-8-16(22-15(20-14)5-6-19-22)18-9-12-7-17(23)21(10-12)13-3-4-13/h5-6,8,11-13,18H,3-4,7,9-10H2,1-2H3/t12-/m1/s1. The molecule has 0 unspecified atom stereocenters. The molecule has 6 nitrogen and oxygen atoms in total. The molecule has 1 N–H and O–H groups in total. The maximum absolute atomic E-state index is 12.1. The molecule has 122 valence electrons. The second kappa shape index (κ2) is 5.51. The molecule has 6 heteroatoms. The topological polar surface area (TPSA) is 62.5 Å². The Hall–Kier alpha value is -2.11. The number of likely N-dealkylation sites (tertiary alicyclic amines) is 1. The summed E-state index contributed by atoms with van der Waals surface area (Å²) in [5.74, 6) is 2.03. The van der Waals surface area contributed by atoms with Gasteiger partial charge in [0, 0.05) is 49.3 Å². The van der Waals surface area contributed by atoms with Crippen LogP contribution in [-0.2, 0) is 4.79 Å². The van der Waals surface area contributed by atoms with Crippen molar-refractivity contribution in [1.29, 1.82) is 0 Å². The summed E-state index contributed by atoms with van der Waals surface area (Å²) in [6.45, 7) is 5.97. The number of hydrogen-bond acceptors (Lipinski definition) is 4. The zero-order chi connectivity index (χ0) is 16.0. The van der Waals surface area contributed by atoms with Crippen molar-refractivity contribution in [3.8, 4) is 0 Å². The van der Waals surface area contributed by atoms with Crippen molar-refractivity contribution in [3.05, 3.63) is 24.0 Å². The predicted octanol–water partition coefficient (Wildman–Crippen LogP) is 2.28. The van der Waals surface area contributed by atoms with Crippen molar-refractivity contribution in [2.24, 2.45) is 5.92 Å². The molecule has 1 aliphatic carbocycles. The summed E-state index contributed by atoms with van der Waals surface area (Å²) in [6.07, 6.45) is 4.79. The van der Waals surface area contributed by atoms with Gasteiger partial charge in [0.25, 0.3) is 0 Å². The number of nitrogens with zero attached hydrogens (tertiary/aromatic N) is 4. The highest BCUT2D eigenvalue weighted by Gasteiger charge is 2.39. The minimum atomic E-state index is 0.320. The normalized spacial score (nSPS) is 21.6. The third kappa shape index (κ3) is 2.78. The van der Waals surface area contributed by atoms with Gasteiger partial charge in [0.15, 0.2) is 5.65 Å². The second-order valence-electron chi connectivity index (χ2n) is 7.05. The molecule has 2 fully saturated rings. The van der Waals surface area contributed by atoms with E-state index in [-0.39, 0.29) is 0 Å². The van der Waals surface area contributed by atoms with Crippen molar-refractivity contribution in [2.75, 3.05) is 18.4 Å². The SMILES string of the molecule is CC(C)c1cc(NC[C@H]2CC(=O)N(C3CC3)C2)n2nccc2n1. The highest BCUT2D eigenvalue weighted by molar-refractivity contribution is 5.79. The summed E-state index contributed by atoms with van der Waals surface area (Å²) in [5.41, 5.74) is 1.92. The van der Waals surface area contributed by atoms with Gasteiger partial charge in [0.1, 0.15) is 5.82 Å². The van der Waals surface area contributed by atoms with Gasteiger partial charge in [-0.3, -0.25) is 4.79 Å². The lowest BCUT2D eigenvalue weighted by Crippen LogP contribution is -2.28. The Labute approximate surface area is 135 Å². The number of fused-ring (bicyclic) bond motifs is 1. The third-order valence-corrected chi connectivity index (χ3v) is 4.77. The minimum Gasteiger partial charge on any atom is -0.370 e. The summed E-state index contributed by atoms with van der Waals surface area (Å²) >= 11 is 0. The van der Waals surface area contributed by atoms with Gasteiger partial charge in [-0.1, -0.05) is 13.8 Å². The van der Waals surface area contributed by atoms with Gasteiger partial charge in [-0.2, -0.15) is 9.61 Å². The maximum atomic E-state index is 12.1. The van der Waals surface area contributed by atoms with E-state index in [0.717, 1.165) is 30.2 Å². The molecule has 1 aliphatic heterocycles. The van der Waals surface area contributed by atoms with Gasteiger partial charge >= 0.3 is 0 Å². The lowest BCUT2D eigenvalue weighted by atomic mass is 10.1. The highest BCUT2D eigenvalue weighted by Crippen LogP contribution is 2.32. The number of carbonyl (C=O) groups excluding carboxylic acids is 1. The number of nitrogens with one attached hydrogen (secondary N) is 1. The molecule has 2 aromatic rings. The molecule has 1 saturated heterocycles. The molecular weight excluding hydrogens is 290 g/mol. The Balaban J connectivity index is 1.49. The van der Waals surface area contributed by atoms with E-state index in [2.05, 4.69) is 40.2 Å². The van der Waals surface area contributed by atoms with Crippen molar-refractivity contribution >= 4 is 17.4 Å². The molecule has 0 spiro atoms. The fourth-order valence-electron chi connectivity index (χ4n) is 3.29. The molecule has 0 aromatic carbocycles. The number of rotatable bonds is 5. The van der Waals surface area contributed by atoms with E-state index < -0.39 is 0 Å². The second-order valence-corrected chi connectivity index (χ2v) is 7.05. The first-order valence-electron chi connectivity index (χ1n) is 8.50. The van der Waals surface area contributed by atoms with Crippen LogP contribution in [0.2, 0.25) is 0 Å². The molecule has 3 heterocycles. The van der Waals surface area contributed by atoms with Crippen LogP contribution in [0.1, 0.15) is 44.7 Å². The van der Waals surface area contributed by atoms with Crippen LogP contribution in [0.25, 0.3) is 5.65 Å². The van der Waals surface area contributed by atoms with Gasteiger partial charge in [0.05, 0.1) is 6.20 Å². The summed E-state index contributed by atoms with van der Waals surface area (Å²) < 4.78 is 1.83. The van der Waals surface area contributed by atoms with Crippen LogP contribution in [0.15, 0.2) is 18.3 Å². The summed E-state index contributed by atoms with van der Waals surface area (Å²) in [7, 11) is 0. The number of aromatic nitrogens is 3. The molecule has 2 aliphatic rings. The number of amides is 1. The van der Waals surface area contributed by atoms with Gasteiger partial charge in [0.2, 0.25) is 5.91 Å². The van der Waals surface area contributed by atoms with E-state index >= 15 is 0 Å². The van der Waals surface area contributed by atoms with E-state index in [9.17, 15) is 4.79 Å². The van der Waals surface area contributed by atoms with E-state index in [1.807, 2.05) is 10.6 Å². The van der Waals surface area contributed by atoms with Gasteiger partial charge in [-0.25, -0.2) is 4.98 Å². The van der Waals surface area contributed by atoms with Crippen LogP contribution in [0.4, 0.5) is 5.82 Å². The molecule has 4 rings (SSSR count). The molecule has 0 bridgehead atoms. The van der Waals surface area contributed by atoms with E-state index in [0.29, 0.717) is 30.2 Å². The van der Waals surface area contributed by atoms with E-state index in [1.54, 1.807) is 6.20 Å². The number of hydrogen-bond donors (Lipinski definition) is 1. The van der Waals surface area contributed by atoms with Crippen molar-refractivity contribution in [3.63, 3.8) is 0 Å². The molecule has 1 atom stereocenters. The molecule has 0 radical (unpaired) electrons. The molecule has 1 saturated carbocycles. The van der Waals surface area contributed by atoms with Crippen LogP contribution in [0, 0.1) is 5.92 Å².